The van der Waals surface area contributed by atoms with Gasteiger partial charge in [-0.25, -0.2) is 4.98 Å². The van der Waals surface area contributed by atoms with E-state index in [1.807, 2.05) is 54.1 Å². The zero-order valence-electron chi connectivity index (χ0n) is 13.3. The number of rotatable bonds is 4. The number of aryl methyl sites for hydroxylation is 1. The van der Waals surface area contributed by atoms with Crippen LogP contribution in [0.25, 0.3) is 15.7 Å². The maximum absolute atomic E-state index is 12.4. The molecule has 1 N–H and O–H groups in total. The molecule has 1 aromatic carbocycles. The first kappa shape index (κ1) is 15.7. The smallest absolute Gasteiger partial charge is 0.256 e. The Morgan fingerprint density at radius 1 is 1.12 bits per heavy atom. The van der Waals surface area contributed by atoms with Gasteiger partial charge in [-0.2, -0.15) is 9.78 Å². The summed E-state index contributed by atoms with van der Waals surface area (Å²) in [5.74, 6) is 0.440. The number of thiazole rings is 1. The third-order valence-electron chi connectivity index (χ3n) is 3.56. The SMILES string of the molecule is Cc1cc(NC(=O)c2ccccc2)n(-c2nc(-c3cccs3)cs2)n1. The van der Waals surface area contributed by atoms with Gasteiger partial charge in [0.25, 0.3) is 5.91 Å². The molecular weight excluding hydrogens is 352 g/mol. The minimum absolute atomic E-state index is 0.170. The number of hydrogen-bond donors (Lipinski definition) is 1. The Morgan fingerprint density at radius 2 is 1.96 bits per heavy atom. The molecule has 25 heavy (non-hydrogen) atoms. The third kappa shape index (κ3) is 3.24. The summed E-state index contributed by atoms with van der Waals surface area (Å²) in [4.78, 5) is 18.2. The molecule has 4 rings (SSSR count). The van der Waals surface area contributed by atoms with E-state index < -0.39 is 0 Å². The number of carbonyl (C=O) groups is 1. The first-order valence-electron chi connectivity index (χ1n) is 7.63. The van der Waals surface area contributed by atoms with Gasteiger partial charge in [-0.1, -0.05) is 24.3 Å². The first-order valence-corrected chi connectivity index (χ1v) is 9.39. The van der Waals surface area contributed by atoms with Crippen molar-refractivity contribution in [2.75, 3.05) is 5.32 Å². The molecule has 4 aromatic rings. The van der Waals surface area contributed by atoms with Crippen molar-refractivity contribution < 1.29 is 4.79 Å². The van der Waals surface area contributed by atoms with Gasteiger partial charge in [0.05, 0.1) is 16.3 Å². The molecule has 0 aliphatic carbocycles. The van der Waals surface area contributed by atoms with Crippen LogP contribution in [-0.4, -0.2) is 20.7 Å². The number of benzene rings is 1. The Hall–Kier alpha value is -2.77. The van der Waals surface area contributed by atoms with E-state index in [-0.39, 0.29) is 5.91 Å². The minimum Gasteiger partial charge on any atom is -0.306 e. The molecule has 3 aromatic heterocycles. The molecule has 0 spiro atoms. The lowest BCUT2D eigenvalue weighted by Gasteiger charge is -2.06. The Balaban J connectivity index is 1.64. The fourth-order valence-electron chi connectivity index (χ4n) is 2.41. The van der Waals surface area contributed by atoms with Gasteiger partial charge in [-0.3, -0.25) is 4.79 Å². The van der Waals surface area contributed by atoms with E-state index in [0.29, 0.717) is 11.4 Å². The van der Waals surface area contributed by atoms with Crippen molar-refractivity contribution >= 4 is 34.4 Å². The maximum Gasteiger partial charge on any atom is 0.256 e. The maximum atomic E-state index is 12.4. The largest absolute Gasteiger partial charge is 0.306 e. The lowest BCUT2D eigenvalue weighted by Crippen LogP contribution is -2.14. The zero-order chi connectivity index (χ0) is 17.2. The predicted octanol–water partition coefficient (Wildman–Crippen LogP) is 4.62. The summed E-state index contributed by atoms with van der Waals surface area (Å²) in [5.41, 5.74) is 2.34. The van der Waals surface area contributed by atoms with Crippen molar-refractivity contribution in [1.82, 2.24) is 14.8 Å². The highest BCUT2D eigenvalue weighted by atomic mass is 32.1. The molecule has 3 heterocycles. The number of carbonyl (C=O) groups excluding carboxylic acids is 1. The second-order valence-corrected chi connectivity index (χ2v) is 7.18. The van der Waals surface area contributed by atoms with Crippen LogP contribution in [0.15, 0.2) is 59.3 Å². The van der Waals surface area contributed by atoms with Gasteiger partial charge in [-0.05, 0) is 30.5 Å². The summed E-state index contributed by atoms with van der Waals surface area (Å²) in [5, 5.41) is 12.1. The summed E-state index contributed by atoms with van der Waals surface area (Å²) in [7, 11) is 0. The number of thiophene rings is 1. The molecule has 0 fully saturated rings. The standard InChI is InChI=1S/C18H14N4OS2/c1-12-10-16(20-17(23)13-6-3-2-4-7-13)22(21-12)18-19-14(11-25-18)15-8-5-9-24-15/h2-11H,1H3,(H,20,23). The van der Waals surface area contributed by atoms with Crippen LogP contribution in [0.4, 0.5) is 5.82 Å². The van der Waals surface area contributed by atoms with Crippen LogP contribution in [0.3, 0.4) is 0 Å². The number of anilines is 1. The Labute approximate surface area is 152 Å². The van der Waals surface area contributed by atoms with Gasteiger partial charge >= 0.3 is 0 Å². The number of nitrogens with one attached hydrogen (secondary N) is 1. The van der Waals surface area contributed by atoms with E-state index in [4.69, 9.17) is 0 Å². The second-order valence-electron chi connectivity index (χ2n) is 5.40. The summed E-state index contributed by atoms with van der Waals surface area (Å²) in [6.07, 6.45) is 0. The summed E-state index contributed by atoms with van der Waals surface area (Å²) < 4.78 is 1.68. The topological polar surface area (TPSA) is 59.8 Å². The van der Waals surface area contributed by atoms with Gasteiger partial charge in [0, 0.05) is 17.0 Å². The van der Waals surface area contributed by atoms with Crippen LogP contribution in [0.1, 0.15) is 16.1 Å². The molecule has 0 unspecified atom stereocenters. The molecule has 0 saturated heterocycles. The quantitative estimate of drug-likeness (QED) is 0.573. The Kier molecular flexibility index (Phi) is 4.17. The molecule has 0 saturated carbocycles. The van der Waals surface area contributed by atoms with Crippen molar-refractivity contribution in [3.8, 4) is 15.7 Å². The molecule has 5 nitrogen and oxygen atoms in total. The van der Waals surface area contributed by atoms with Crippen LogP contribution >= 0.6 is 22.7 Å². The van der Waals surface area contributed by atoms with Gasteiger partial charge in [0.2, 0.25) is 5.13 Å². The van der Waals surface area contributed by atoms with E-state index in [1.165, 1.54) is 11.3 Å². The van der Waals surface area contributed by atoms with E-state index >= 15 is 0 Å². The van der Waals surface area contributed by atoms with Crippen LogP contribution < -0.4 is 5.32 Å². The van der Waals surface area contributed by atoms with Gasteiger partial charge in [0.15, 0.2) is 0 Å². The fraction of sp³-hybridized carbons (Fsp3) is 0.0556. The molecule has 124 valence electrons. The molecule has 0 bridgehead atoms. The van der Waals surface area contributed by atoms with Gasteiger partial charge < -0.3 is 5.32 Å². The average molecular weight is 366 g/mol. The summed E-state index contributed by atoms with van der Waals surface area (Å²) in [6, 6.07) is 15.0. The van der Waals surface area contributed by atoms with E-state index in [9.17, 15) is 4.79 Å². The Morgan fingerprint density at radius 3 is 2.72 bits per heavy atom. The van der Waals surface area contributed by atoms with Crippen molar-refractivity contribution in [2.24, 2.45) is 0 Å². The first-order chi connectivity index (χ1) is 12.2. The average Bonchev–Trinajstić information content (AvgIpc) is 3.35. The molecular formula is C18H14N4OS2. The normalized spacial score (nSPS) is 10.8. The van der Waals surface area contributed by atoms with Gasteiger partial charge in [0.1, 0.15) is 5.82 Å². The molecule has 1 amide bonds. The summed E-state index contributed by atoms with van der Waals surface area (Å²) in [6.45, 7) is 1.89. The molecule has 0 atom stereocenters. The zero-order valence-corrected chi connectivity index (χ0v) is 15.0. The number of amides is 1. The van der Waals surface area contributed by atoms with Crippen molar-refractivity contribution in [1.29, 1.82) is 0 Å². The minimum atomic E-state index is -0.170. The molecule has 0 radical (unpaired) electrons. The number of hydrogen-bond acceptors (Lipinski definition) is 5. The predicted molar refractivity (Wildman–Crippen MR) is 102 cm³/mol. The van der Waals surface area contributed by atoms with Crippen molar-refractivity contribution in [3.63, 3.8) is 0 Å². The van der Waals surface area contributed by atoms with E-state index in [1.54, 1.807) is 28.2 Å². The van der Waals surface area contributed by atoms with E-state index in [0.717, 1.165) is 21.4 Å². The van der Waals surface area contributed by atoms with Crippen molar-refractivity contribution in [3.05, 3.63) is 70.5 Å². The molecule has 0 aliphatic heterocycles. The lowest BCUT2D eigenvalue weighted by molar-refractivity contribution is 0.102. The molecule has 7 heteroatoms. The second kappa shape index (κ2) is 6.62. The summed E-state index contributed by atoms with van der Waals surface area (Å²) >= 11 is 3.14. The Bertz CT molecular complexity index is 1000. The van der Waals surface area contributed by atoms with Crippen LogP contribution in [0.2, 0.25) is 0 Å². The van der Waals surface area contributed by atoms with Crippen LogP contribution in [0, 0.1) is 6.92 Å². The highest BCUT2D eigenvalue weighted by molar-refractivity contribution is 7.15. The van der Waals surface area contributed by atoms with Gasteiger partial charge in [-0.15, -0.1) is 22.7 Å². The molecule has 0 aliphatic rings. The highest BCUT2D eigenvalue weighted by Gasteiger charge is 2.15. The third-order valence-corrected chi connectivity index (χ3v) is 5.26. The number of aromatic nitrogens is 3. The van der Waals surface area contributed by atoms with Crippen LogP contribution in [0.5, 0.6) is 0 Å². The van der Waals surface area contributed by atoms with E-state index in [2.05, 4.69) is 15.4 Å². The van der Waals surface area contributed by atoms with Crippen LogP contribution in [-0.2, 0) is 0 Å². The highest BCUT2D eigenvalue weighted by Crippen LogP contribution is 2.29. The fourth-order valence-corrected chi connectivity index (χ4v) is 3.96. The van der Waals surface area contributed by atoms with Crippen molar-refractivity contribution in [2.45, 2.75) is 6.92 Å². The number of nitrogens with zero attached hydrogens (tertiary/aromatic N) is 3. The monoisotopic (exact) mass is 366 g/mol. The lowest BCUT2D eigenvalue weighted by atomic mass is 10.2.